The molecule has 0 saturated heterocycles. The van der Waals surface area contributed by atoms with E-state index in [-0.39, 0.29) is 25.4 Å². The number of hydrogen-bond donors (Lipinski definition) is 1. The summed E-state index contributed by atoms with van der Waals surface area (Å²) < 4.78 is 0. The molecular weight excluding hydrogens is 240 g/mol. The first-order valence-corrected chi connectivity index (χ1v) is 6.03. The molecule has 0 spiro atoms. The highest BCUT2D eigenvalue weighted by atomic mass is 32.1. The molecule has 1 rings (SSSR count). The Morgan fingerprint density at radius 1 is 1.59 bits per heavy atom. The molecule has 0 unspecified atom stereocenters. The molecule has 17 heavy (non-hydrogen) atoms. The maximum absolute atomic E-state index is 10.5. The van der Waals surface area contributed by atoms with Crippen LogP contribution >= 0.6 is 11.3 Å². The lowest BCUT2D eigenvalue weighted by atomic mass is 10.2. The number of carbonyl (C=O) groups is 1. The molecule has 1 N–H and O–H groups in total. The van der Waals surface area contributed by atoms with E-state index in [0.29, 0.717) is 5.13 Å². The number of aliphatic carboxylic acids is 1. The summed E-state index contributed by atoms with van der Waals surface area (Å²) in [6.07, 6.45) is -0.0156. The number of aromatic nitrogens is 2. The highest BCUT2D eigenvalue weighted by Gasteiger charge is 2.14. The van der Waals surface area contributed by atoms with Gasteiger partial charge in [0.2, 0.25) is 5.13 Å². The molecule has 6 nitrogen and oxygen atoms in total. The van der Waals surface area contributed by atoms with E-state index in [1.807, 2.05) is 19.9 Å². The van der Waals surface area contributed by atoms with E-state index >= 15 is 0 Å². The topological polar surface area (TPSA) is 90.1 Å². The minimum Gasteiger partial charge on any atom is -0.481 e. The maximum Gasteiger partial charge on any atom is 0.305 e. The smallest absolute Gasteiger partial charge is 0.305 e. The average Bonchev–Trinajstić information content (AvgIpc) is 2.73. The van der Waals surface area contributed by atoms with E-state index < -0.39 is 5.97 Å². The summed E-state index contributed by atoms with van der Waals surface area (Å²) in [6, 6.07) is 2.00. The molecule has 0 aliphatic heterocycles. The van der Waals surface area contributed by atoms with Gasteiger partial charge in [-0.3, -0.25) is 4.79 Å². The minimum absolute atomic E-state index is 0.0156. The monoisotopic (exact) mass is 254 g/mol. The van der Waals surface area contributed by atoms with Crippen molar-refractivity contribution in [3.8, 4) is 6.07 Å². The van der Waals surface area contributed by atoms with Crippen molar-refractivity contribution in [3.63, 3.8) is 0 Å². The number of rotatable bonds is 6. The number of anilines is 1. The van der Waals surface area contributed by atoms with Gasteiger partial charge in [-0.25, -0.2) is 0 Å². The van der Waals surface area contributed by atoms with Crippen LogP contribution in [0.4, 0.5) is 5.13 Å². The minimum atomic E-state index is -0.887. The summed E-state index contributed by atoms with van der Waals surface area (Å²) in [5, 5.41) is 26.8. The molecule has 1 aromatic rings. The Labute approximate surface area is 104 Å². The first-order chi connectivity index (χ1) is 8.04. The maximum atomic E-state index is 10.5. The predicted molar refractivity (Wildman–Crippen MR) is 64.1 cm³/mol. The zero-order valence-electron chi connectivity index (χ0n) is 9.75. The lowest BCUT2D eigenvalue weighted by molar-refractivity contribution is -0.136. The Morgan fingerprint density at radius 2 is 2.29 bits per heavy atom. The molecule has 0 saturated carbocycles. The van der Waals surface area contributed by atoms with Crippen LogP contribution < -0.4 is 4.90 Å². The van der Waals surface area contributed by atoms with Crippen molar-refractivity contribution in [1.82, 2.24) is 10.2 Å². The van der Waals surface area contributed by atoms with E-state index in [0.717, 1.165) is 5.01 Å². The van der Waals surface area contributed by atoms with E-state index in [4.69, 9.17) is 10.4 Å². The summed E-state index contributed by atoms with van der Waals surface area (Å²) in [7, 11) is 0. The lowest BCUT2D eigenvalue weighted by Crippen LogP contribution is -2.26. The SMILES string of the molecule is CC(C)c1nnc(N(CC#N)CCC(=O)O)s1. The van der Waals surface area contributed by atoms with Gasteiger partial charge in [-0.15, -0.1) is 10.2 Å². The molecule has 0 radical (unpaired) electrons. The second-order valence-corrected chi connectivity index (χ2v) is 4.79. The number of nitriles is 1. The van der Waals surface area contributed by atoms with Crippen molar-refractivity contribution in [2.24, 2.45) is 0 Å². The van der Waals surface area contributed by atoms with Crippen molar-refractivity contribution in [2.75, 3.05) is 18.0 Å². The van der Waals surface area contributed by atoms with Crippen LogP contribution in [0.2, 0.25) is 0 Å². The van der Waals surface area contributed by atoms with Crippen molar-refractivity contribution in [2.45, 2.75) is 26.2 Å². The molecule has 1 heterocycles. The standard InChI is InChI=1S/C10H14N4O2S/c1-7(2)9-12-13-10(17-9)14(6-4-11)5-3-8(15)16/h7H,3,5-6H2,1-2H3,(H,15,16). The third-order valence-electron chi connectivity index (χ3n) is 2.05. The zero-order valence-corrected chi connectivity index (χ0v) is 10.6. The molecule has 0 aliphatic rings. The summed E-state index contributed by atoms with van der Waals surface area (Å²) in [6.45, 7) is 4.42. The number of nitrogens with zero attached hydrogens (tertiary/aromatic N) is 4. The highest BCUT2D eigenvalue weighted by Crippen LogP contribution is 2.25. The third-order valence-corrected chi connectivity index (χ3v) is 3.34. The fraction of sp³-hybridized carbons (Fsp3) is 0.600. The molecule has 0 aliphatic carbocycles. The van der Waals surface area contributed by atoms with Gasteiger partial charge in [0.05, 0.1) is 12.5 Å². The second kappa shape index (κ2) is 6.15. The van der Waals surface area contributed by atoms with Crippen LogP contribution in [0.5, 0.6) is 0 Å². The van der Waals surface area contributed by atoms with Crippen LogP contribution in [0.25, 0.3) is 0 Å². The molecule has 92 valence electrons. The van der Waals surface area contributed by atoms with E-state index in [1.54, 1.807) is 4.90 Å². The van der Waals surface area contributed by atoms with Gasteiger partial charge in [-0.1, -0.05) is 25.2 Å². The van der Waals surface area contributed by atoms with Crippen LogP contribution in [0.15, 0.2) is 0 Å². The van der Waals surface area contributed by atoms with Gasteiger partial charge < -0.3 is 10.0 Å². The number of hydrogen-bond acceptors (Lipinski definition) is 6. The van der Waals surface area contributed by atoms with Crippen molar-refractivity contribution in [1.29, 1.82) is 5.26 Å². The second-order valence-electron chi connectivity index (χ2n) is 3.80. The third kappa shape index (κ3) is 4.00. The van der Waals surface area contributed by atoms with E-state index in [9.17, 15) is 4.79 Å². The number of carboxylic acid groups (broad SMARTS) is 1. The first kappa shape index (κ1) is 13.4. The summed E-state index contributed by atoms with van der Waals surface area (Å²) in [4.78, 5) is 12.1. The molecule has 0 bridgehead atoms. The Morgan fingerprint density at radius 3 is 2.76 bits per heavy atom. The van der Waals surface area contributed by atoms with Crippen molar-refractivity contribution in [3.05, 3.63) is 5.01 Å². The van der Waals surface area contributed by atoms with Crippen molar-refractivity contribution >= 4 is 22.4 Å². The summed E-state index contributed by atoms with van der Waals surface area (Å²) >= 11 is 1.40. The summed E-state index contributed by atoms with van der Waals surface area (Å²) in [5.41, 5.74) is 0. The Bertz CT molecular complexity index is 424. The van der Waals surface area contributed by atoms with Crippen LogP contribution in [0.3, 0.4) is 0 Å². The fourth-order valence-corrected chi connectivity index (χ4v) is 2.02. The van der Waals surface area contributed by atoms with Gasteiger partial charge in [-0.2, -0.15) is 5.26 Å². The predicted octanol–water partition coefficient (Wildman–Crippen LogP) is 1.47. The molecule has 7 heteroatoms. The van der Waals surface area contributed by atoms with E-state index in [1.165, 1.54) is 11.3 Å². The molecule has 0 fully saturated rings. The fourth-order valence-electron chi connectivity index (χ4n) is 1.15. The van der Waals surface area contributed by atoms with Gasteiger partial charge in [0.25, 0.3) is 0 Å². The van der Waals surface area contributed by atoms with Crippen molar-refractivity contribution < 1.29 is 9.90 Å². The average molecular weight is 254 g/mol. The van der Waals surface area contributed by atoms with E-state index in [2.05, 4.69) is 10.2 Å². The quantitative estimate of drug-likeness (QED) is 0.773. The highest BCUT2D eigenvalue weighted by molar-refractivity contribution is 7.15. The lowest BCUT2D eigenvalue weighted by Gasteiger charge is -2.15. The van der Waals surface area contributed by atoms with Gasteiger partial charge >= 0.3 is 5.97 Å². The van der Waals surface area contributed by atoms with Gasteiger partial charge in [-0.05, 0) is 0 Å². The molecule has 1 aromatic heterocycles. The Balaban J connectivity index is 2.75. The normalized spacial score (nSPS) is 10.2. The molecule has 0 atom stereocenters. The largest absolute Gasteiger partial charge is 0.481 e. The van der Waals surface area contributed by atoms with Gasteiger partial charge in [0, 0.05) is 12.5 Å². The van der Waals surface area contributed by atoms with Crippen LogP contribution in [0.1, 0.15) is 31.2 Å². The Kier molecular flexibility index (Phi) is 4.84. The van der Waals surface area contributed by atoms with Gasteiger partial charge in [0.15, 0.2) is 0 Å². The molecule has 0 aromatic carbocycles. The Hall–Kier alpha value is -1.68. The first-order valence-electron chi connectivity index (χ1n) is 5.21. The molecule has 0 amide bonds. The molecular formula is C10H14N4O2S. The van der Waals surface area contributed by atoms with Crippen LogP contribution in [-0.2, 0) is 4.79 Å². The zero-order chi connectivity index (χ0) is 12.8. The van der Waals surface area contributed by atoms with Crippen LogP contribution in [-0.4, -0.2) is 34.4 Å². The number of carboxylic acids is 1. The summed E-state index contributed by atoms with van der Waals surface area (Å²) in [5.74, 6) is -0.605. The van der Waals surface area contributed by atoms with Crippen LogP contribution in [0, 0.1) is 11.3 Å². The van der Waals surface area contributed by atoms with Gasteiger partial charge in [0.1, 0.15) is 11.6 Å².